The lowest BCUT2D eigenvalue weighted by molar-refractivity contribution is 0.306. The molecule has 0 radical (unpaired) electrons. The van der Waals surface area contributed by atoms with Crippen LogP contribution in [0.2, 0.25) is 0 Å². The molecule has 1 heterocycles. The molecule has 0 aliphatic rings. The SMILES string of the molecule is CCCCOc1cnc(CCc2ccc3c(F)c(CCc4cc(F)c(F)c(F)c4)ccc3c2)nc1. The molecule has 0 unspecified atom stereocenters. The summed E-state index contributed by atoms with van der Waals surface area (Å²) in [6.45, 7) is 2.75. The monoisotopic (exact) mass is 482 g/mol. The van der Waals surface area contributed by atoms with E-state index in [1.807, 2.05) is 18.2 Å². The van der Waals surface area contributed by atoms with Crippen LogP contribution in [0.25, 0.3) is 10.8 Å². The fraction of sp³-hybridized carbons (Fsp3) is 0.286. The van der Waals surface area contributed by atoms with Crippen molar-refractivity contribution in [3.05, 3.63) is 101 Å². The Morgan fingerprint density at radius 3 is 2.17 bits per heavy atom. The summed E-state index contributed by atoms with van der Waals surface area (Å²) < 4.78 is 60.7. The zero-order chi connectivity index (χ0) is 24.8. The highest BCUT2D eigenvalue weighted by Crippen LogP contribution is 2.25. The van der Waals surface area contributed by atoms with Gasteiger partial charge < -0.3 is 4.74 Å². The highest BCUT2D eigenvalue weighted by atomic mass is 19.2. The first kappa shape index (κ1) is 24.6. The van der Waals surface area contributed by atoms with Gasteiger partial charge in [-0.15, -0.1) is 0 Å². The molecule has 0 spiro atoms. The van der Waals surface area contributed by atoms with E-state index in [0.717, 1.165) is 35.9 Å². The van der Waals surface area contributed by atoms with Crippen LogP contribution in [-0.2, 0) is 25.7 Å². The molecule has 0 atom stereocenters. The topological polar surface area (TPSA) is 35.0 Å². The molecule has 1 aromatic heterocycles. The van der Waals surface area contributed by atoms with E-state index in [4.69, 9.17) is 4.74 Å². The Hall–Kier alpha value is -3.48. The van der Waals surface area contributed by atoms with E-state index in [1.165, 1.54) is 0 Å². The molecular weight excluding hydrogens is 456 g/mol. The number of benzene rings is 3. The Morgan fingerprint density at radius 2 is 1.46 bits per heavy atom. The van der Waals surface area contributed by atoms with Crippen molar-refractivity contribution in [2.75, 3.05) is 6.61 Å². The number of aromatic nitrogens is 2. The standard InChI is InChI=1S/C28H26F4N2O/c1-2-3-12-35-22-16-33-26(34-17-22)11-6-18-5-10-23-21(13-18)9-8-20(27(23)31)7-4-19-14-24(29)28(32)25(30)15-19/h5,8-10,13-17H,2-4,6-7,11-12H2,1H3. The minimum atomic E-state index is -1.50. The molecule has 3 aromatic carbocycles. The van der Waals surface area contributed by atoms with Gasteiger partial charge in [0.2, 0.25) is 0 Å². The number of fused-ring (bicyclic) bond motifs is 1. The molecule has 0 saturated carbocycles. The summed E-state index contributed by atoms with van der Waals surface area (Å²) in [5, 5.41) is 1.25. The number of nitrogens with zero attached hydrogens (tertiary/aromatic N) is 2. The van der Waals surface area contributed by atoms with Crippen LogP contribution in [0, 0.1) is 23.3 Å². The number of rotatable bonds is 10. The molecule has 4 rings (SSSR count). The van der Waals surface area contributed by atoms with Crippen LogP contribution < -0.4 is 4.74 Å². The van der Waals surface area contributed by atoms with Crippen molar-refractivity contribution in [2.45, 2.75) is 45.4 Å². The molecule has 0 aliphatic heterocycles. The van der Waals surface area contributed by atoms with E-state index in [2.05, 4.69) is 16.9 Å². The third-order valence-corrected chi connectivity index (χ3v) is 5.91. The molecule has 0 aliphatic carbocycles. The van der Waals surface area contributed by atoms with Gasteiger partial charge in [-0.3, -0.25) is 0 Å². The number of aryl methyl sites for hydroxylation is 4. The Labute approximate surface area is 201 Å². The van der Waals surface area contributed by atoms with Gasteiger partial charge in [-0.05, 0) is 59.9 Å². The second kappa shape index (κ2) is 11.3. The van der Waals surface area contributed by atoms with Gasteiger partial charge >= 0.3 is 0 Å². The van der Waals surface area contributed by atoms with Crippen molar-refractivity contribution in [2.24, 2.45) is 0 Å². The van der Waals surface area contributed by atoms with Gasteiger partial charge in [-0.2, -0.15) is 0 Å². The van der Waals surface area contributed by atoms with E-state index < -0.39 is 17.5 Å². The molecule has 0 amide bonds. The summed E-state index contributed by atoms with van der Waals surface area (Å²) in [5.41, 5.74) is 1.75. The number of unbranched alkanes of at least 4 members (excludes halogenated alkanes) is 1. The van der Waals surface area contributed by atoms with Crippen molar-refractivity contribution >= 4 is 10.8 Å². The average Bonchev–Trinajstić information content (AvgIpc) is 2.86. The van der Waals surface area contributed by atoms with Gasteiger partial charge in [0.1, 0.15) is 11.6 Å². The van der Waals surface area contributed by atoms with Crippen LogP contribution in [-0.4, -0.2) is 16.6 Å². The number of ether oxygens (including phenoxy) is 1. The van der Waals surface area contributed by atoms with Crippen molar-refractivity contribution in [3.63, 3.8) is 0 Å². The van der Waals surface area contributed by atoms with Crippen LogP contribution in [0.3, 0.4) is 0 Å². The highest BCUT2D eigenvalue weighted by Gasteiger charge is 2.13. The number of halogens is 4. The molecule has 35 heavy (non-hydrogen) atoms. The smallest absolute Gasteiger partial charge is 0.194 e. The van der Waals surface area contributed by atoms with Gasteiger partial charge in [0.25, 0.3) is 0 Å². The molecule has 0 fully saturated rings. The summed E-state index contributed by atoms with van der Waals surface area (Å²) in [4.78, 5) is 8.72. The van der Waals surface area contributed by atoms with Crippen LogP contribution in [0.15, 0.2) is 54.9 Å². The summed E-state index contributed by atoms with van der Waals surface area (Å²) in [6.07, 6.45) is 7.20. The Bertz CT molecular complexity index is 1290. The highest BCUT2D eigenvalue weighted by molar-refractivity contribution is 5.84. The molecule has 3 nitrogen and oxygen atoms in total. The maximum Gasteiger partial charge on any atom is 0.194 e. The second-order valence-corrected chi connectivity index (χ2v) is 8.50. The van der Waals surface area contributed by atoms with Crippen molar-refractivity contribution in [3.8, 4) is 5.75 Å². The van der Waals surface area contributed by atoms with Crippen molar-refractivity contribution < 1.29 is 22.3 Å². The van der Waals surface area contributed by atoms with Crippen LogP contribution in [0.1, 0.15) is 42.3 Å². The molecule has 4 aromatic rings. The third kappa shape index (κ3) is 6.15. The fourth-order valence-corrected chi connectivity index (χ4v) is 3.90. The van der Waals surface area contributed by atoms with E-state index in [9.17, 15) is 13.2 Å². The molecule has 0 saturated heterocycles. The van der Waals surface area contributed by atoms with Crippen LogP contribution >= 0.6 is 0 Å². The number of hydrogen-bond donors (Lipinski definition) is 0. The largest absolute Gasteiger partial charge is 0.490 e. The average molecular weight is 483 g/mol. The summed E-state index contributed by atoms with van der Waals surface area (Å²) in [5.74, 6) is -2.97. The lowest BCUT2D eigenvalue weighted by Crippen LogP contribution is -2.01. The quantitative estimate of drug-likeness (QED) is 0.140. The lowest BCUT2D eigenvalue weighted by Gasteiger charge is -2.09. The van der Waals surface area contributed by atoms with Gasteiger partial charge in [-0.25, -0.2) is 27.5 Å². The molecule has 182 valence electrons. The fourth-order valence-electron chi connectivity index (χ4n) is 3.90. The van der Waals surface area contributed by atoms with E-state index in [1.54, 1.807) is 24.5 Å². The molecule has 0 N–H and O–H groups in total. The second-order valence-electron chi connectivity index (χ2n) is 8.50. The first-order valence-electron chi connectivity index (χ1n) is 11.7. The van der Waals surface area contributed by atoms with E-state index in [-0.39, 0.29) is 24.2 Å². The minimum absolute atomic E-state index is 0.192. The van der Waals surface area contributed by atoms with Gasteiger partial charge in [0.15, 0.2) is 23.2 Å². The Kier molecular flexibility index (Phi) is 7.95. The zero-order valence-electron chi connectivity index (χ0n) is 19.5. The zero-order valence-corrected chi connectivity index (χ0v) is 19.5. The Balaban J connectivity index is 1.39. The van der Waals surface area contributed by atoms with Crippen molar-refractivity contribution in [1.29, 1.82) is 0 Å². The summed E-state index contributed by atoms with van der Waals surface area (Å²) >= 11 is 0. The molecular formula is C28H26F4N2O. The van der Waals surface area contributed by atoms with Crippen LogP contribution in [0.4, 0.5) is 17.6 Å². The van der Waals surface area contributed by atoms with E-state index >= 15 is 4.39 Å². The molecule has 0 bridgehead atoms. The molecule has 7 heteroatoms. The van der Waals surface area contributed by atoms with E-state index in [0.29, 0.717) is 42.0 Å². The first-order chi connectivity index (χ1) is 16.9. The first-order valence-corrected chi connectivity index (χ1v) is 11.7. The summed E-state index contributed by atoms with van der Waals surface area (Å²) in [6, 6.07) is 11.0. The maximum atomic E-state index is 15.1. The lowest BCUT2D eigenvalue weighted by atomic mass is 9.98. The predicted molar refractivity (Wildman–Crippen MR) is 127 cm³/mol. The Morgan fingerprint density at radius 1 is 0.743 bits per heavy atom. The maximum absolute atomic E-state index is 15.1. The normalized spacial score (nSPS) is 11.2. The third-order valence-electron chi connectivity index (χ3n) is 5.91. The van der Waals surface area contributed by atoms with Gasteiger partial charge in [-0.1, -0.05) is 43.7 Å². The number of hydrogen-bond acceptors (Lipinski definition) is 3. The minimum Gasteiger partial charge on any atom is -0.490 e. The van der Waals surface area contributed by atoms with Gasteiger partial charge in [0.05, 0.1) is 19.0 Å². The summed E-state index contributed by atoms with van der Waals surface area (Å²) in [7, 11) is 0. The van der Waals surface area contributed by atoms with Crippen LogP contribution in [0.5, 0.6) is 5.75 Å². The van der Waals surface area contributed by atoms with Gasteiger partial charge in [0, 0.05) is 11.8 Å². The predicted octanol–water partition coefficient (Wildman–Crippen LogP) is 6.94. The van der Waals surface area contributed by atoms with Crippen molar-refractivity contribution in [1.82, 2.24) is 9.97 Å².